The van der Waals surface area contributed by atoms with Gasteiger partial charge in [0.1, 0.15) is 23.0 Å². The number of rotatable bonds is 7. The Morgan fingerprint density at radius 2 is 1.79 bits per heavy atom. The summed E-state index contributed by atoms with van der Waals surface area (Å²) < 4.78 is 7.65. The van der Waals surface area contributed by atoms with Crippen LogP contribution in [0.15, 0.2) is 73.2 Å². The lowest BCUT2D eigenvalue weighted by molar-refractivity contribution is -0.114. The number of amides is 3. The van der Waals surface area contributed by atoms with Gasteiger partial charge in [0, 0.05) is 48.1 Å². The van der Waals surface area contributed by atoms with Crippen molar-refractivity contribution in [2.75, 3.05) is 16.0 Å². The number of benzene rings is 2. The maximum atomic E-state index is 12.9. The molecule has 38 heavy (non-hydrogen) atoms. The van der Waals surface area contributed by atoms with E-state index in [0.29, 0.717) is 34.4 Å². The highest BCUT2D eigenvalue weighted by molar-refractivity contribution is 6.02. The van der Waals surface area contributed by atoms with Crippen molar-refractivity contribution in [3.05, 3.63) is 73.2 Å². The van der Waals surface area contributed by atoms with Gasteiger partial charge in [-0.05, 0) is 56.3 Å². The van der Waals surface area contributed by atoms with Crippen molar-refractivity contribution in [1.29, 1.82) is 0 Å². The van der Waals surface area contributed by atoms with Crippen molar-refractivity contribution in [2.24, 2.45) is 0 Å². The van der Waals surface area contributed by atoms with E-state index in [2.05, 4.69) is 31.1 Å². The number of anilines is 3. The Bertz CT molecular complexity index is 1600. The fourth-order valence-electron chi connectivity index (χ4n) is 3.80. The SMILES string of the molecule is CC(=O)Nc1cc(Oc2ccc(NC(=O)Nc3cn(C(C)C)nc3-c3ccc4[nH]ncc4c3)cc2)ccn1. The summed E-state index contributed by atoms with van der Waals surface area (Å²) in [5.74, 6) is 1.26. The summed E-state index contributed by atoms with van der Waals surface area (Å²) in [5.41, 5.74) is 3.63. The lowest BCUT2D eigenvalue weighted by Gasteiger charge is -2.10. The number of nitrogens with one attached hydrogen (secondary N) is 4. The standard InChI is InChI=1S/C27H26N8O3/c1-16(2)35-15-24(26(34-35)18-4-9-23-19(12-18)14-29-33-23)32-27(37)31-20-5-7-21(8-6-20)38-22-10-11-28-25(13-22)30-17(3)36/h4-16H,1-3H3,(H,29,33)(H,28,30,36)(H2,31,32,37). The summed E-state index contributed by atoms with van der Waals surface area (Å²) >= 11 is 0. The van der Waals surface area contributed by atoms with Crippen molar-refractivity contribution in [3.8, 4) is 22.8 Å². The minimum atomic E-state index is -0.401. The van der Waals surface area contributed by atoms with Gasteiger partial charge in [-0.2, -0.15) is 10.2 Å². The van der Waals surface area contributed by atoms with Gasteiger partial charge < -0.3 is 20.7 Å². The number of urea groups is 1. The molecule has 11 heteroatoms. The number of carbonyl (C=O) groups is 2. The largest absolute Gasteiger partial charge is 0.457 e. The molecule has 0 aliphatic heterocycles. The lowest BCUT2D eigenvalue weighted by Crippen LogP contribution is -2.19. The molecular formula is C27H26N8O3. The maximum Gasteiger partial charge on any atom is 0.323 e. The first-order valence-corrected chi connectivity index (χ1v) is 12.0. The minimum Gasteiger partial charge on any atom is -0.457 e. The molecule has 0 aliphatic rings. The molecule has 3 aromatic heterocycles. The van der Waals surface area contributed by atoms with Gasteiger partial charge in [-0.1, -0.05) is 6.07 Å². The average molecular weight is 511 g/mol. The van der Waals surface area contributed by atoms with Crippen molar-refractivity contribution in [2.45, 2.75) is 26.8 Å². The number of H-pyrrole nitrogens is 1. The first kappa shape index (κ1) is 24.5. The quantitative estimate of drug-likeness (QED) is 0.218. The van der Waals surface area contributed by atoms with Crippen LogP contribution in [0.25, 0.3) is 22.2 Å². The molecule has 0 atom stereocenters. The molecule has 0 bridgehead atoms. The van der Waals surface area contributed by atoms with E-state index in [1.54, 1.807) is 48.8 Å². The van der Waals surface area contributed by atoms with Gasteiger partial charge in [0.25, 0.3) is 0 Å². The van der Waals surface area contributed by atoms with Crippen LogP contribution in [0.3, 0.4) is 0 Å². The minimum absolute atomic E-state index is 0.118. The number of fused-ring (bicyclic) bond motifs is 1. The fourth-order valence-corrected chi connectivity index (χ4v) is 3.80. The van der Waals surface area contributed by atoms with Gasteiger partial charge in [0.2, 0.25) is 5.91 Å². The van der Waals surface area contributed by atoms with Crippen molar-refractivity contribution < 1.29 is 14.3 Å². The number of aromatic amines is 1. The van der Waals surface area contributed by atoms with E-state index >= 15 is 0 Å². The van der Waals surface area contributed by atoms with Crippen LogP contribution >= 0.6 is 0 Å². The number of hydrogen-bond acceptors (Lipinski definition) is 6. The summed E-state index contributed by atoms with van der Waals surface area (Å²) in [5, 5.41) is 21.1. The Hall–Kier alpha value is -5.19. The van der Waals surface area contributed by atoms with Crippen molar-refractivity contribution in [1.82, 2.24) is 25.0 Å². The maximum absolute atomic E-state index is 12.9. The van der Waals surface area contributed by atoms with E-state index in [-0.39, 0.29) is 11.9 Å². The molecule has 192 valence electrons. The average Bonchev–Trinajstić information content (AvgIpc) is 3.52. The number of hydrogen-bond donors (Lipinski definition) is 4. The van der Waals surface area contributed by atoms with Gasteiger partial charge in [-0.3, -0.25) is 14.6 Å². The van der Waals surface area contributed by atoms with E-state index in [9.17, 15) is 9.59 Å². The van der Waals surface area contributed by atoms with Crippen LogP contribution in [0.4, 0.5) is 22.0 Å². The van der Waals surface area contributed by atoms with E-state index < -0.39 is 6.03 Å². The zero-order chi connectivity index (χ0) is 26.6. The summed E-state index contributed by atoms with van der Waals surface area (Å²) in [6, 6.07) is 15.8. The van der Waals surface area contributed by atoms with Gasteiger partial charge in [0.15, 0.2) is 0 Å². The molecule has 0 aliphatic carbocycles. The Balaban J connectivity index is 1.28. The smallest absolute Gasteiger partial charge is 0.323 e. The molecule has 0 spiro atoms. The van der Waals surface area contributed by atoms with E-state index in [1.165, 1.54) is 6.92 Å². The third-order valence-electron chi connectivity index (χ3n) is 5.61. The van der Waals surface area contributed by atoms with E-state index in [1.807, 2.05) is 42.9 Å². The number of carbonyl (C=O) groups excluding carboxylic acids is 2. The summed E-state index contributed by atoms with van der Waals surface area (Å²) in [6.07, 6.45) is 5.12. The van der Waals surface area contributed by atoms with Crippen LogP contribution in [-0.2, 0) is 4.79 Å². The topological polar surface area (TPSA) is 139 Å². The number of nitrogens with zero attached hydrogens (tertiary/aromatic N) is 4. The molecule has 0 saturated heterocycles. The van der Waals surface area contributed by atoms with E-state index in [0.717, 1.165) is 16.5 Å². The Labute approximate surface area is 218 Å². The second-order valence-electron chi connectivity index (χ2n) is 8.90. The highest BCUT2D eigenvalue weighted by Gasteiger charge is 2.16. The summed E-state index contributed by atoms with van der Waals surface area (Å²) in [4.78, 5) is 28.2. The molecule has 11 nitrogen and oxygen atoms in total. The number of aromatic nitrogens is 5. The van der Waals surface area contributed by atoms with Gasteiger partial charge >= 0.3 is 6.03 Å². The predicted octanol–water partition coefficient (Wildman–Crippen LogP) is 5.80. The monoisotopic (exact) mass is 510 g/mol. The Morgan fingerprint density at radius 1 is 0.974 bits per heavy atom. The van der Waals surface area contributed by atoms with Crippen LogP contribution in [0, 0.1) is 0 Å². The molecule has 0 saturated carbocycles. The van der Waals surface area contributed by atoms with Gasteiger partial charge in [-0.15, -0.1) is 0 Å². The highest BCUT2D eigenvalue weighted by Crippen LogP contribution is 2.30. The van der Waals surface area contributed by atoms with Gasteiger partial charge in [-0.25, -0.2) is 9.78 Å². The third-order valence-corrected chi connectivity index (χ3v) is 5.61. The number of ether oxygens (including phenoxy) is 1. The molecule has 0 unspecified atom stereocenters. The lowest BCUT2D eigenvalue weighted by atomic mass is 10.1. The van der Waals surface area contributed by atoms with Gasteiger partial charge in [0.05, 0.1) is 17.4 Å². The molecule has 3 amide bonds. The Kier molecular flexibility index (Phi) is 6.72. The molecule has 0 radical (unpaired) electrons. The second-order valence-corrected chi connectivity index (χ2v) is 8.90. The first-order chi connectivity index (χ1) is 18.3. The summed E-state index contributed by atoms with van der Waals surface area (Å²) in [6.45, 7) is 5.46. The predicted molar refractivity (Wildman–Crippen MR) is 145 cm³/mol. The van der Waals surface area contributed by atoms with Crippen LogP contribution in [0.5, 0.6) is 11.5 Å². The van der Waals surface area contributed by atoms with E-state index in [4.69, 9.17) is 9.84 Å². The molecule has 5 aromatic rings. The normalized spacial score (nSPS) is 10.9. The first-order valence-electron chi connectivity index (χ1n) is 12.0. The van der Waals surface area contributed by atoms with Crippen LogP contribution < -0.4 is 20.7 Å². The molecule has 3 heterocycles. The summed E-state index contributed by atoms with van der Waals surface area (Å²) in [7, 11) is 0. The van der Waals surface area contributed by atoms with Crippen LogP contribution in [0.1, 0.15) is 26.8 Å². The molecule has 5 rings (SSSR count). The molecule has 0 fully saturated rings. The third kappa shape index (κ3) is 5.62. The second kappa shape index (κ2) is 10.4. The Morgan fingerprint density at radius 3 is 2.55 bits per heavy atom. The molecule has 2 aromatic carbocycles. The molecular weight excluding hydrogens is 484 g/mol. The van der Waals surface area contributed by atoms with Crippen molar-refractivity contribution in [3.63, 3.8) is 0 Å². The van der Waals surface area contributed by atoms with Crippen LogP contribution in [-0.4, -0.2) is 36.9 Å². The molecule has 4 N–H and O–H groups in total. The highest BCUT2D eigenvalue weighted by atomic mass is 16.5. The number of pyridine rings is 1. The fraction of sp³-hybridized carbons (Fsp3) is 0.148. The zero-order valence-corrected chi connectivity index (χ0v) is 21.0. The van der Waals surface area contributed by atoms with Crippen molar-refractivity contribution >= 4 is 40.0 Å². The zero-order valence-electron chi connectivity index (χ0n) is 21.0. The van der Waals surface area contributed by atoms with Crippen LogP contribution in [0.2, 0.25) is 0 Å².